The topological polar surface area (TPSA) is 49.6 Å². The van der Waals surface area contributed by atoms with Crippen molar-refractivity contribution < 1.29 is 0 Å². The van der Waals surface area contributed by atoms with Gasteiger partial charge in [-0.15, -0.1) is 11.8 Å². The van der Waals surface area contributed by atoms with Gasteiger partial charge in [0, 0.05) is 17.0 Å². The molecule has 2 aromatic heterocycles. The lowest BCUT2D eigenvalue weighted by molar-refractivity contribution is 1.10. The molecule has 0 fully saturated rings. The van der Waals surface area contributed by atoms with E-state index in [0.717, 1.165) is 22.0 Å². The zero-order chi connectivity index (χ0) is 16.1. The third-order valence-electron chi connectivity index (χ3n) is 3.23. The lowest BCUT2D eigenvalue weighted by atomic mass is 10.2. The summed E-state index contributed by atoms with van der Waals surface area (Å²) in [5.41, 5.74) is 3.12. The molecule has 3 nitrogen and oxygen atoms in total. The van der Waals surface area contributed by atoms with Crippen LogP contribution in [-0.4, -0.2) is 9.97 Å². The highest BCUT2D eigenvalue weighted by Crippen LogP contribution is 2.29. The summed E-state index contributed by atoms with van der Waals surface area (Å²) in [6, 6.07) is 19.2. The minimum absolute atomic E-state index is 0.557. The highest BCUT2D eigenvalue weighted by atomic mass is 35.5. The summed E-state index contributed by atoms with van der Waals surface area (Å²) in [5.74, 6) is 0.660. The van der Waals surface area contributed by atoms with Crippen LogP contribution in [0.3, 0.4) is 0 Å². The van der Waals surface area contributed by atoms with Crippen LogP contribution in [-0.2, 0) is 5.75 Å². The van der Waals surface area contributed by atoms with Gasteiger partial charge in [-0.25, -0.2) is 4.98 Å². The molecule has 3 rings (SSSR count). The van der Waals surface area contributed by atoms with Gasteiger partial charge in [-0.3, -0.25) is 4.98 Å². The van der Waals surface area contributed by atoms with E-state index in [2.05, 4.69) is 16.0 Å². The summed E-state index contributed by atoms with van der Waals surface area (Å²) in [5, 5.41) is 10.7. The van der Waals surface area contributed by atoms with Crippen molar-refractivity contribution in [2.45, 2.75) is 10.8 Å². The van der Waals surface area contributed by atoms with Crippen molar-refractivity contribution in [2.24, 2.45) is 0 Å². The number of aromatic nitrogens is 2. The highest BCUT2D eigenvalue weighted by molar-refractivity contribution is 7.98. The maximum atomic E-state index is 9.29. The molecule has 0 bridgehead atoms. The van der Waals surface area contributed by atoms with Crippen molar-refractivity contribution in [3.63, 3.8) is 0 Å². The van der Waals surface area contributed by atoms with Crippen molar-refractivity contribution in [3.8, 4) is 17.5 Å². The predicted molar refractivity (Wildman–Crippen MR) is 93.2 cm³/mol. The minimum Gasteiger partial charge on any atom is -0.255 e. The number of halogens is 1. The van der Waals surface area contributed by atoms with Crippen LogP contribution in [0.5, 0.6) is 0 Å². The van der Waals surface area contributed by atoms with Gasteiger partial charge < -0.3 is 0 Å². The Balaban J connectivity index is 1.89. The molecule has 0 aliphatic carbocycles. The van der Waals surface area contributed by atoms with E-state index in [-0.39, 0.29) is 0 Å². The quantitative estimate of drug-likeness (QED) is 0.631. The minimum atomic E-state index is 0.557. The Morgan fingerprint density at radius 3 is 2.57 bits per heavy atom. The van der Waals surface area contributed by atoms with E-state index in [4.69, 9.17) is 11.6 Å². The lowest BCUT2D eigenvalue weighted by Gasteiger charge is -2.07. The fourth-order valence-corrected chi connectivity index (χ4v) is 3.31. The Kier molecular flexibility index (Phi) is 4.92. The lowest BCUT2D eigenvalue weighted by Crippen LogP contribution is -1.93. The molecule has 23 heavy (non-hydrogen) atoms. The Morgan fingerprint density at radius 1 is 1.00 bits per heavy atom. The zero-order valence-corrected chi connectivity index (χ0v) is 13.7. The maximum Gasteiger partial charge on any atom is 0.115 e. The fraction of sp³-hybridized carbons (Fsp3) is 0.0556. The Labute approximate surface area is 144 Å². The van der Waals surface area contributed by atoms with Gasteiger partial charge in [-0.2, -0.15) is 5.26 Å². The number of pyridine rings is 2. The normalized spacial score (nSPS) is 10.3. The van der Waals surface area contributed by atoms with Gasteiger partial charge in [-0.1, -0.05) is 35.9 Å². The summed E-state index contributed by atoms with van der Waals surface area (Å²) < 4.78 is 0. The molecule has 5 heteroatoms. The van der Waals surface area contributed by atoms with Crippen molar-refractivity contribution in [1.82, 2.24) is 9.97 Å². The Bertz CT molecular complexity index is 860. The molecule has 0 aliphatic rings. The Hall–Kier alpha value is -2.35. The number of hydrogen-bond donors (Lipinski definition) is 0. The SMILES string of the molecule is N#Cc1ccc(-c2ccccn2)nc1SCc1ccccc1Cl. The second kappa shape index (κ2) is 7.28. The molecule has 112 valence electrons. The van der Waals surface area contributed by atoms with Crippen LogP contribution < -0.4 is 0 Å². The fourth-order valence-electron chi connectivity index (χ4n) is 2.05. The predicted octanol–water partition coefficient (Wildman–Crippen LogP) is 4.96. The van der Waals surface area contributed by atoms with Crippen LogP contribution in [0.15, 0.2) is 65.8 Å². The van der Waals surface area contributed by atoms with Gasteiger partial charge in [0.15, 0.2) is 0 Å². The van der Waals surface area contributed by atoms with Crippen LogP contribution in [0.1, 0.15) is 11.1 Å². The molecule has 0 spiro atoms. The van der Waals surface area contributed by atoms with Gasteiger partial charge >= 0.3 is 0 Å². The molecule has 0 saturated carbocycles. The van der Waals surface area contributed by atoms with Crippen LogP contribution in [0, 0.1) is 11.3 Å². The van der Waals surface area contributed by atoms with E-state index in [1.165, 1.54) is 11.8 Å². The van der Waals surface area contributed by atoms with E-state index < -0.39 is 0 Å². The van der Waals surface area contributed by atoms with Crippen LogP contribution in [0.4, 0.5) is 0 Å². The molecular formula is C18H12ClN3S. The molecule has 3 aromatic rings. The first-order valence-corrected chi connectivity index (χ1v) is 8.33. The summed E-state index contributed by atoms with van der Waals surface area (Å²) >= 11 is 7.68. The summed E-state index contributed by atoms with van der Waals surface area (Å²) in [7, 11) is 0. The third-order valence-corrected chi connectivity index (χ3v) is 4.64. The van der Waals surface area contributed by atoms with Crippen LogP contribution in [0.2, 0.25) is 5.02 Å². The van der Waals surface area contributed by atoms with E-state index in [9.17, 15) is 5.26 Å². The summed E-state index contributed by atoms with van der Waals surface area (Å²) in [6.45, 7) is 0. The smallest absolute Gasteiger partial charge is 0.115 e. The number of rotatable bonds is 4. The number of hydrogen-bond acceptors (Lipinski definition) is 4. The molecule has 0 amide bonds. The molecule has 0 saturated heterocycles. The summed E-state index contributed by atoms with van der Waals surface area (Å²) in [6.07, 6.45) is 1.73. The molecule has 0 unspecified atom stereocenters. The van der Waals surface area contributed by atoms with Gasteiger partial charge in [0.1, 0.15) is 11.1 Å². The second-order valence-corrected chi connectivity index (χ2v) is 6.13. The van der Waals surface area contributed by atoms with Crippen molar-refractivity contribution in [2.75, 3.05) is 0 Å². The molecule has 2 heterocycles. The molecule has 0 atom stereocenters. The third kappa shape index (κ3) is 3.70. The van der Waals surface area contributed by atoms with E-state index in [1.54, 1.807) is 12.3 Å². The van der Waals surface area contributed by atoms with Crippen molar-refractivity contribution in [1.29, 1.82) is 5.26 Å². The molecular weight excluding hydrogens is 326 g/mol. The number of nitrogens with zero attached hydrogens (tertiary/aromatic N) is 3. The highest BCUT2D eigenvalue weighted by Gasteiger charge is 2.10. The van der Waals surface area contributed by atoms with Gasteiger partial charge in [0.05, 0.1) is 17.0 Å². The van der Waals surface area contributed by atoms with E-state index in [0.29, 0.717) is 16.3 Å². The standard InChI is InChI=1S/C18H12ClN3S/c19-15-6-2-1-5-14(15)12-23-18-13(11-20)8-9-17(22-18)16-7-3-4-10-21-16/h1-10H,12H2. The Morgan fingerprint density at radius 2 is 1.83 bits per heavy atom. The number of benzene rings is 1. The zero-order valence-electron chi connectivity index (χ0n) is 12.1. The monoisotopic (exact) mass is 337 g/mol. The van der Waals surface area contributed by atoms with Gasteiger partial charge in [0.25, 0.3) is 0 Å². The van der Waals surface area contributed by atoms with Gasteiger partial charge in [-0.05, 0) is 35.9 Å². The van der Waals surface area contributed by atoms with Crippen molar-refractivity contribution in [3.05, 3.63) is 76.9 Å². The average molecular weight is 338 g/mol. The summed E-state index contributed by atoms with van der Waals surface area (Å²) in [4.78, 5) is 8.90. The van der Waals surface area contributed by atoms with Gasteiger partial charge in [0.2, 0.25) is 0 Å². The number of nitriles is 1. The average Bonchev–Trinajstić information content (AvgIpc) is 2.61. The first-order valence-electron chi connectivity index (χ1n) is 6.96. The first kappa shape index (κ1) is 15.5. The molecule has 0 N–H and O–H groups in total. The van der Waals surface area contributed by atoms with E-state index in [1.807, 2.05) is 48.5 Å². The van der Waals surface area contributed by atoms with E-state index >= 15 is 0 Å². The molecule has 0 aliphatic heterocycles. The number of thioether (sulfide) groups is 1. The van der Waals surface area contributed by atoms with Crippen LogP contribution >= 0.6 is 23.4 Å². The first-order chi connectivity index (χ1) is 11.3. The van der Waals surface area contributed by atoms with Crippen molar-refractivity contribution >= 4 is 23.4 Å². The maximum absolute atomic E-state index is 9.29. The molecule has 1 aromatic carbocycles. The largest absolute Gasteiger partial charge is 0.255 e. The molecule has 0 radical (unpaired) electrons. The van der Waals surface area contributed by atoms with Crippen LogP contribution in [0.25, 0.3) is 11.4 Å². The second-order valence-electron chi connectivity index (χ2n) is 4.76.